The Bertz CT molecular complexity index is 676. The Balaban J connectivity index is 2.02. The average Bonchev–Trinajstić information content (AvgIpc) is 2.75. The normalized spacial score (nSPS) is 15.9. The molecule has 0 spiro atoms. The van der Waals surface area contributed by atoms with Crippen LogP contribution in [0.15, 0.2) is 12.1 Å². The molecule has 1 aromatic carbocycles. The Morgan fingerprint density at radius 3 is 2.84 bits per heavy atom. The van der Waals surface area contributed by atoms with Crippen molar-refractivity contribution in [3.8, 4) is 0 Å². The molecule has 4 nitrogen and oxygen atoms in total. The molecule has 1 saturated heterocycles. The summed E-state index contributed by atoms with van der Waals surface area (Å²) in [5.41, 5.74) is 7.29. The molecule has 2 aromatic rings. The van der Waals surface area contributed by atoms with Crippen LogP contribution in [0, 0.1) is 12.7 Å². The van der Waals surface area contributed by atoms with E-state index in [1.165, 1.54) is 0 Å². The van der Waals surface area contributed by atoms with Crippen molar-refractivity contribution in [2.75, 3.05) is 13.1 Å². The summed E-state index contributed by atoms with van der Waals surface area (Å²) in [6.07, 6.45) is 0. The smallest absolute Gasteiger partial charge is 0.270 e. The van der Waals surface area contributed by atoms with Gasteiger partial charge in [-0.25, -0.2) is 4.39 Å². The number of likely N-dealkylation sites (tertiary alicyclic amines) is 1. The zero-order valence-electron chi connectivity index (χ0n) is 10.5. The van der Waals surface area contributed by atoms with E-state index in [9.17, 15) is 9.18 Å². The van der Waals surface area contributed by atoms with Gasteiger partial charge in [0.15, 0.2) is 5.82 Å². The fourth-order valence-corrected chi connectivity index (χ4v) is 2.58. The van der Waals surface area contributed by atoms with E-state index < -0.39 is 0 Å². The van der Waals surface area contributed by atoms with Gasteiger partial charge in [0.1, 0.15) is 5.69 Å². The van der Waals surface area contributed by atoms with E-state index in [2.05, 4.69) is 14.2 Å². The Morgan fingerprint density at radius 1 is 1.53 bits per heavy atom. The summed E-state index contributed by atoms with van der Waals surface area (Å²) in [5.74, 6) is -0.445. The number of rotatable bonds is 1. The highest BCUT2D eigenvalue weighted by atomic mass is 31.0. The third-order valence-corrected chi connectivity index (χ3v) is 4.24. The Hall–Kier alpha value is -1.45. The highest BCUT2D eigenvalue weighted by Crippen LogP contribution is 2.22. The number of amides is 1. The summed E-state index contributed by atoms with van der Waals surface area (Å²) in [6.45, 7) is 2.96. The summed E-state index contributed by atoms with van der Waals surface area (Å²) < 4.78 is 14.1. The Morgan fingerprint density at radius 2 is 2.21 bits per heavy atom. The van der Waals surface area contributed by atoms with Gasteiger partial charge in [-0.1, -0.05) is 0 Å². The van der Waals surface area contributed by atoms with Gasteiger partial charge in [-0.15, -0.1) is 9.24 Å². The number of carbonyl (C=O) groups is 1. The molecule has 6 heteroatoms. The summed E-state index contributed by atoms with van der Waals surface area (Å²) in [7, 11) is 2.39. The molecular weight excluding hydrogens is 264 g/mol. The van der Waals surface area contributed by atoms with E-state index in [1.54, 1.807) is 11.0 Å². The number of aromatic nitrogens is 1. The van der Waals surface area contributed by atoms with E-state index in [0.29, 0.717) is 29.6 Å². The number of carbonyl (C=O) groups excluding carboxylic acids is 1. The van der Waals surface area contributed by atoms with Crippen molar-refractivity contribution in [1.29, 1.82) is 0 Å². The van der Waals surface area contributed by atoms with E-state index >= 15 is 0 Å². The van der Waals surface area contributed by atoms with Gasteiger partial charge in [0.2, 0.25) is 0 Å². The maximum atomic E-state index is 14.1. The van der Waals surface area contributed by atoms with Crippen LogP contribution in [0.4, 0.5) is 4.39 Å². The second-order valence-electron chi connectivity index (χ2n) is 5.04. The predicted octanol–water partition coefficient (Wildman–Crippen LogP) is 0.899. The molecule has 3 N–H and O–H groups in total. The van der Waals surface area contributed by atoms with Gasteiger partial charge < -0.3 is 15.6 Å². The number of nitrogens with zero attached hydrogens (tertiary/aromatic N) is 1. The van der Waals surface area contributed by atoms with Crippen LogP contribution in [0.2, 0.25) is 0 Å². The van der Waals surface area contributed by atoms with Crippen molar-refractivity contribution < 1.29 is 9.18 Å². The first-order valence-corrected chi connectivity index (χ1v) is 6.67. The molecule has 1 fully saturated rings. The van der Waals surface area contributed by atoms with Crippen LogP contribution in [0.1, 0.15) is 16.1 Å². The monoisotopic (exact) mass is 279 g/mol. The first-order chi connectivity index (χ1) is 8.97. The molecule has 0 aliphatic carbocycles. The fourth-order valence-electron chi connectivity index (χ4n) is 2.35. The van der Waals surface area contributed by atoms with E-state index in [1.807, 2.05) is 13.0 Å². The lowest BCUT2D eigenvalue weighted by molar-refractivity contribution is 0.0603. The Kier molecular flexibility index (Phi) is 2.84. The van der Waals surface area contributed by atoms with Crippen molar-refractivity contribution in [2.45, 2.75) is 13.0 Å². The van der Waals surface area contributed by atoms with Gasteiger partial charge in [0.05, 0.1) is 5.52 Å². The minimum atomic E-state index is -0.320. The minimum absolute atomic E-state index is 0.0611. The lowest BCUT2D eigenvalue weighted by Gasteiger charge is -2.36. The zero-order chi connectivity index (χ0) is 13.7. The highest BCUT2D eigenvalue weighted by molar-refractivity contribution is 7.27. The molecule has 1 atom stereocenters. The van der Waals surface area contributed by atoms with Gasteiger partial charge >= 0.3 is 0 Å². The molecular formula is C13H15FN3OP. The molecule has 0 radical (unpaired) electrons. The number of nitrogens with two attached hydrogens (primary N) is 1. The molecule has 100 valence electrons. The van der Waals surface area contributed by atoms with Crippen molar-refractivity contribution in [3.05, 3.63) is 29.2 Å². The van der Waals surface area contributed by atoms with Crippen molar-refractivity contribution in [3.63, 3.8) is 0 Å². The van der Waals surface area contributed by atoms with Crippen molar-refractivity contribution >= 4 is 31.4 Å². The van der Waals surface area contributed by atoms with E-state index in [4.69, 9.17) is 5.73 Å². The highest BCUT2D eigenvalue weighted by Gasteiger charge is 2.29. The number of aryl methyl sites for hydroxylation is 1. The quantitative estimate of drug-likeness (QED) is 0.762. The molecule has 1 aromatic heterocycles. The molecule has 0 saturated carbocycles. The topological polar surface area (TPSA) is 62.1 Å². The lowest BCUT2D eigenvalue weighted by Crippen LogP contribution is -2.57. The van der Waals surface area contributed by atoms with Gasteiger partial charge in [0, 0.05) is 29.8 Å². The number of hydrogen-bond donors (Lipinski definition) is 2. The number of aromatic amines is 1. The number of nitrogens with one attached hydrogen (secondary N) is 1. The molecule has 1 amide bonds. The molecule has 1 aliphatic heterocycles. The first-order valence-electron chi connectivity index (χ1n) is 6.09. The van der Waals surface area contributed by atoms with Gasteiger partial charge in [-0.3, -0.25) is 4.79 Å². The second kappa shape index (κ2) is 4.29. The maximum Gasteiger partial charge on any atom is 0.270 e. The number of H-pyrrole nitrogens is 1. The molecule has 1 unspecified atom stereocenters. The van der Waals surface area contributed by atoms with Crippen molar-refractivity contribution in [2.24, 2.45) is 5.73 Å². The number of halogens is 1. The molecule has 1 aliphatic rings. The minimum Gasteiger partial charge on any atom is -0.348 e. The Labute approximate surface area is 112 Å². The van der Waals surface area contributed by atoms with Gasteiger partial charge in [-0.2, -0.15) is 0 Å². The van der Waals surface area contributed by atoms with Crippen LogP contribution >= 0.6 is 9.24 Å². The van der Waals surface area contributed by atoms with Gasteiger partial charge in [-0.05, 0) is 24.6 Å². The van der Waals surface area contributed by atoms with Crippen LogP contribution < -0.4 is 11.0 Å². The number of fused-ring (bicyclic) bond motifs is 1. The zero-order valence-corrected chi connectivity index (χ0v) is 11.7. The van der Waals surface area contributed by atoms with E-state index in [-0.39, 0.29) is 17.8 Å². The van der Waals surface area contributed by atoms with E-state index in [0.717, 1.165) is 10.9 Å². The maximum absolute atomic E-state index is 14.1. The summed E-state index contributed by atoms with van der Waals surface area (Å²) in [6, 6.07) is 3.63. The second-order valence-corrected chi connectivity index (χ2v) is 5.62. The van der Waals surface area contributed by atoms with Crippen LogP contribution in [0.3, 0.4) is 0 Å². The third-order valence-electron chi connectivity index (χ3n) is 3.53. The molecule has 3 rings (SSSR count). The average molecular weight is 279 g/mol. The SMILES string of the molecule is Cc1cc2cc(C(=O)N3CC(N)C3)[nH]c2c(F)c1P. The first kappa shape index (κ1) is 12.6. The molecule has 2 heterocycles. The third kappa shape index (κ3) is 1.94. The molecule has 0 bridgehead atoms. The van der Waals surface area contributed by atoms with Crippen LogP contribution in [-0.2, 0) is 0 Å². The van der Waals surface area contributed by atoms with Crippen molar-refractivity contribution in [1.82, 2.24) is 9.88 Å². The summed E-state index contributed by atoms with van der Waals surface area (Å²) in [5, 5.41) is 1.24. The number of benzene rings is 1. The van der Waals surface area contributed by atoms with Crippen LogP contribution in [-0.4, -0.2) is 34.9 Å². The van der Waals surface area contributed by atoms with Gasteiger partial charge in [0.25, 0.3) is 5.91 Å². The largest absolute Gasteiger partial charge is 0.348 e. The number of hydrogen-bond acceptors (Lipinski definition) is 2. The molecule has 19 heavy (non-hydrogen) atoms. The standard InChI is InChI=1S/C13H15FN3OP/c1-6-2-7-3-9(13(18)17-4-8(15)5-17)16-11(7)10(14)12(6)19/h2-3,8,16H,4-5,15,19H2,1H3. The summed E-state index contributed by atoms with van der Waals surface area (Å²) >= 11 is 0. The van der Waals surface area contributed by atoms with Crippen LogP contribution in [0.25, 0.3) is 10.9 Å². The fraction of sp³-hybridized carbons (Fsp3) is 0.308. The van der Waals surface area contributed by atoms with Crippen LogP contribution in [0.5, 0.6) is 0 Å². The lowest BCUT2D eigenvalue weighted by atomic mass is 10.1. The summed E-state index contributed by atoms with van der Waals surface area (Å²) in [4.78, 5) is 16.7. The predicted molar refractivity (Wildman–Crippen MR) is 76.2 cm³/mol.